The molecule has 1 fully saturated rings. The van der Waals surface area contributed by atoms with Gasteiger partial charge in [0.1, 0.15) is 5.82 Å². The van der Waals surface area contributed by atoms with Crippen LogP contribution in [0.1, 0.15) is 37.0 Å². The Balaban J connectivity index is 2.08. The number of nitrogens with zero attached hydrogens (tertiary/aromatic N) is 1. The second kappa shape index (κ2) is 5.70. The molecule has 0 aromatic heterocycles. The zero-order valence-electron chi connectivity index (χ0n) is 11.4. The maximum Gasteiger partial charge on any atom is 0.256 e. The highest BCUT2D eigenvalue weighted by Crippen LogP contribution is 2.22. The summed E-state index contributed by atoms with van der Waals surface area (Å²) < 4.78 is 13.2. The zero-order chi connectivity index (χ0) is 14.0. The summed E-state index contributed by atoms with van der Waals surface area (Å²) in [4.78, 5) is 13.9. The molecule has 0 spiro atoms. The zero-order valence-corrected chi connectivity index (χ0v) is 11.4. The van der Waals surface area contributed by atoms with Crippen LogP contribution in [0.3, 0.4) is 0 Å². The van der Waals surface area contributed by atoms with Gasteiger partial charge in [0.2, 0.25) is 0 Å². The van der Waals surface area contributed by atoms with Gasteiger partial charge in [0, 0.05) is 13.1 Å². The summed E-state index contributed by atoms with van der Waals surface area (Å²) in [5.74, 6) is 0.0300. The molecule has 1 unspecified atom stereocenters. The molecule has 4 heteroatoms. The van der Waals surface area contributed by atoms with Crippen molar-refractivity contribution in [1.29, 1.82) is 0 Å². The molecule has 1 aromatic rings. The standard InChI is InChI=1S/C15H20FNO2/c1-10-5-7-17(8-6-10)15(19)14(18)12-3-4-13(16)11(2)9-12/h3-4,9-10,14,18H,5-8H2,1-2H3. The van der Waals surface area contributed by atoms with Crippen LogP contribution >= 0.6 is 0 Å². The number of amides is 1. The average Bonchev–Trinajstić information content (AvgIpc) is 2.41. The van der Waals surface area contributed by atoms with Crippen molar-refractivity contribution < 1.29 is 14.3 Å². The van der Waals surface area contributed by atoms with Gasteiger partial charge in [-0.2, -0.15) is 0 Å². The van der Waals surface area contributed by atoms with Gasteiger partial charge in [-0.25, -0.2) is 4.39 Å². The number of hydrogen-bond donors (Lipinski definition) is 1. The smallest absolute Gasteiger partial charge is 0.256 e. The first kappa shape index (κ1) is 14.0. The van der Waals surface area contributed by atoms with E-state index in [1.165, 1.54) is 18.2 Å². The quantitative estimate of drug-likeness (QED) is 0.892. The Kier molecular flexibility index (Phi) is 4.20. The summed E-state index contributed by atoms with van der Waals surface area (Å²) in [5.41, 5.74) is 0.902. The summed E-state index contributed by atoms with van der Waals surface area (Å²) in [7, 11) is 0. The van der Waals surface area contributed by atoms with Crippen molar-refractivity contribution in [1.82, 2.24) is 4.90 Å². The molecule has 3 nitrogen and oxygen atoms in total. The second-order valence-corrected chi connectivity index (χ2v) is 5.42. The lowest BCUT2D eigenvalue weighted by Crippen LogP contribution is -2.40. The Bertz CT molecular complexity index is 467. The lowest BCUT2D eigenvalue weighted by molar-refractivity contribution is -0.141. The Morgan fingerprint density at radius 1 is 1.42 bits per heavy atom. The number of likely N-dealkylation sites (tertiary alicyclic amines) is 1. The fraction of sp³-hybridized carbons (Fsp3) is 0.533. The highest BCUT2D eigenvalue weighted by molar-refractivity contribution is 5.82. The van der Waals surface area contributed by atoms with E-state index in [9.17, 15) is 14.3 Å². The number of carbonyl (C=O) groups is 1. The minimum Gasteiger partial charge on any atom is -0.378 e. The van der Waals surface area contributed by atoms with Crippen LogP contribution in [-0.4, -0.2) is 29.0 Å². The molecule has 19 heavy (non-hydrogen) atoms. The van der Waals surface area contributed by atoms with Crippen molar-refractivity contribution in [3.63, 3.8) is 0 Å². The Morgan fingerprint density at radius 2 is 2.05 bits per heavy atom. The van der Waals surface area contributed by atoms with E-state index >= 15 is 0 Å². The third-order valence-electron chi connectivity index (χ3n) is 3.83. The summed E-state index contributed by atoms with van der Waals surface area (Å²) in [5, 5.41) is 10.1. The number of aliphatic hydroxyl groups is 1. The molecule has 0 bridgehead atoms. The van der Waals surface area contributed by atoms with Gasteiger partial charge in [-0.3, -0.25) is 4.79 Å². The van der Waals surface area contributed by atoms with E-state index in [0.717, 1.165) is 12.8 Å². The van der Waals surface area contributed by atoms with E-state index in [0.29, 0.717) is 30.1 Å². The van der Waals surface area contributed by atoms with Crippen LogP contribution in [-0.2, 0) is 4.79 Å². The third-order valence-corrected chi connectivity index (χ3v) is 3.83. The van der Waals surface area contributed by atoms with Crippen molar-refractivity contribution in [2.75, 3.05) is 13.1 Å². The average molecular weight is 265 g/mol. The molecule has 1 amide bonds. The number of rotatable bonds is 2. The number of aliphatic hydroxyl groups excluding tert-OH is 1. The van der Waals surface area contributed by atoms with Gasteiger partial charge in [-0.1, -0.05) is 19.1 Å². The highest BCUT2D eigenvalue weighted by atomic mass is 19.1. The molecule has 1 aliphatic heterocycles. The number of piperidine rings is 1. The fourth-order valence-electron chi connectivity index (χ4n) is 2.38. The largest absolute Gasteiger partial charge is 0.378 e. The molecule has 1 aromatic carbocycles. The molecule has 104 valence electrons. The molecule has 0 aliphatic carbocycles. The van der Waals surface area contributed by atoms with Crippen LogP contribution in [0.2, 0.25) is 0 Å². The van der Waals surface area contributed by atoms with Crippen molar-refractivity contribution >= 4 is 5.91 Å². The van der Waals surface area contributed by atoms with E-state index in [1.54, 1.807) is 11.8 Å². The van der Waals surface area contributed by atoms with Crippen LogP contribution < -0.4 is 0 Å². The van der Waals surface area contributed by atoms with Gasteiger partial charge in [0.15, 0.2) is 6.10 Å². The second-order valence-electron chi connectivity index (χ2n) is 5.42. The number of benzene rings is 1. The van der Waals surface area contributed by atoms with Crippen LogP contribution in [0.4, 0.5) is 4.39 Å². The number of aryl methyl sites for hydroxylation is 1. The van der Waals surface area contributed by atoms with Crippen molar-refractivity contribution in [2.45, 2.75) is 32.8 Å². The maximum absolute atomic E-state index is 13.2. The van der Waals surface area contributed by atoms with E-state index in [-0.39, 0.29) is 11.7 Å². The van der Waals surface area contributed by atoms with Gasteiger partial charge >= 0.3 is 0 Å². The molecule has 1 N–H and O–H groups in total. The minimum atomic E-state index is -1.19. The first-order valence-corrected chi connectivity index (χ1v) is 6.72. The lowest BCUT2D eigenvalue weighted by atomic mass is 9.98. The van der Waals surface area contributed by atoms with Crippen molar-refractivity contribution in [3.05, 3.63) is 35.1 Å². The molecular formula is C15H20FNO2. The van der Waals surface area contributed by atoms with Gasteiger partial charge in [0.05, 0.1) is 0 Å². The number of halogens is 1. The Morgan fingerprint density at radius 3 is 2.63 bits per heavy atom. The summed E-state index contributed by atoms with van der Waals surface area (Å²) >= 11 is 0. The van der Waals surface area contributed by atoms with Gasteiger partial charge in [-0.05, 0) is 42.9 Å². The molecular weight excluding hydrogens is 245 g/mol. The summed E-state index contributed by atoms with van der Waals surface area (Å²) in [6, 6.07) is 4.29. The molecule has 1 heterocycles. The summed E-state index contributed by atoms with van der Waals surface area (Å²) in [6.07, 6.45) is 0.759. The monoisotopic (exact) mass is 265 g/mol. The highest BCUT2D eigenvalue weighted by Gasteiger charge is 2.26. The number of hydrogen-bond acceptors (Lipinski definition) is 2. The van der Waals surface area contributed by atoms with Crippen molar-refractivity contribution in [2.24, 2.45) is 5.92 Å². The van der Waals surface area contributed by atoms with E-state index in [4.69, 9.17) is 0 Å². The first-order chi connectivity index (χ1) is 8.99. The molecule has 1 atom stereocenters. The predicted octanol–water partition coefficient (Wildman–Crippen LogP) is 2.43. The maximum atomic E-state index is 13.2. The van der Waals surface area contributed by atoms with Crippen LogP contribution in [0.15, 0.2) is 18.2 Å². The van der Waals surface area contributed by atoms with E-state index in [2.05, 4.69) is 6.92 Å². The topological polar surface area (TPSA) is 40.5 Å². The number of carbonyl (C=O) groups excluding carboxylic acids is 1. The molecule has 1 aliphatic rings. The fourth-order valence-corrected chi connectivity index (χ4v) is 2.38. The van der Waals surface area contributed by atoms with E-state index < -0.39 is 6.10 Å². The van der Waals surface area contributed by atoms with E-state index in [1.807, 2.05) is 0 Å². The summed E-state index contributed by atoms with van der Waals surface area (Å²) in [6.45, 7) is 5.18. The third kappa shape index (κ3) is 3.13. The minimum absolute atomic E-state index is 0.280. The molecule has 0 radical (unpaired) electrons. The van der Waals surface area contributed by atoms with Gasteiger partial charge in [-0.15, -0.1) is 0 Å². The van der Waals surface area contributed by atoms with Crippen LogP contribution in [0.25, 0.3) is 0 Å². The molecule has 2 rings (SSSR count). The molecule has 0 saturated carbocycles. The normalized spacial score (nSPS) is 18.4. The van der Waals surface area contributed by atoms with Crippen molar-refractivity contribution in [3.8, 4) is 0 Å². The van der Waals surface area contributed by atoms with Crippen LogP contribution in [0, 0.1) is 18.7 Å². The SMILES string of the molecule is Cc1cc(C(O)C(=O)N2CCC(C)CC2)ccc1F. The predicted molar refractivity (Wildman–Crippen MR) is 71.1 cm³/mol. The molecule has 1 saturated heterocycles. The lowest BCUT2D eigenvalue weighted by Gasteiger charge is -2.31. The first-order valence-electron chi connectivity index (χ1n) is 6.72. The van der Waals surface area contributed by atoms with Gasteiger partial charge < -0.3 is 10.0 Å². The Hall–Kier alpha value is -1.42. The van der Waals surface area contributed by atoms with Crippen LogP contribution in [0.5, 0.6) is 0 Å². The van der Waals surface area contributed by atoms with Gasteiger partial charge in [0.25, 0.3) is 5.91 Å². The Labute approximate surface area is 113 Å².